The van der Waals surface area contributed by atoms with Gasteiger partial charge in [-0.25, -0.2) is 4.98 Å². The van der Waals surface area contributed by atoms with Crippen LogP contribution in [0.1, 0.15) is 37.9 Å². The molecule has 8 heteroatoms. The van der Waals surface area contributed by atoms with E-state index in [4.69, 9.17) is 0 Å². The highest BCUT2D eigenvalue weighted by Crippen LogP contribution is 2.22. The second-order valence-corrected chi connectivity index (χ2v) is 6.38. The lowest BCUT2D eigenvalue weighted by atomic mass is 9.96. The van der Waals surface area contributed by atoms with Crippen LogP contribution >= 0.6 is 0 Å². The van der Waals surface area contributed by atoms with Crippen molar-refractivity contribution < 1.29 is 8.42 Å². The van der Waals surface area contributed by atoms with E-state index < -0.39 is 10.2 Å². The molecule has 1 aliphatic rings. The first-order valence-corrected chi connectivity index (χ1v) is 7.60. The molecule has 1 saturated carbocycles. The Bertz CT molecular complexity index is 453. The van der Waals surface area contributed by atoms with Crippen molar-refractivity contribution in [2.24, 2.45) is 0 Å². The van der Waals surface area contributed by atoms with Crippen molar-refractivity contribution in [1.29, 1.82) is 0 Å². The predicted octanol–water partition coefficient (Wildman–Crippen LogP) is 0.404. The third-order valence-corrected chi connectivity index (χ3v) is 4.92. The van der Waals surface area contributed by atoms with Gasteiger partial charge in [0.2, 0.25) is 0 Å². The molecule has 1 aromatic rings. The minimum absolute atomic E-state index is 0.117. The number of rotatable bonds is 5. The second kappa shape index (κ2) is 5.77. The summed E-state index contributed by atoms with van der Waals surface area (Å²) in [6, 6.07) is 0.117. The molecule has 0 spiro atoms. The topological polar surface area (TPSA) is 91.0 Å². The van der Waals surface area contributed by atoms with E-state index in [1.807, 2.05) is 0 Å². The van der Waals surface area contributed by atoms with Gasteiger partial charge >= 0.3 is 0 Å². The van der Waals surface area contributed by atoms with Gasteiger partial charge in [-0.2, -0.15) is 22.5 Å². The Morgan fingerprint density at radius 1 is 1.44 bits per heavy atom. The first-order chi connectivity index (χ1) is 8.59. The third kappa shape index (κ3) is 3.27. The summed E-state index contributed by atoms with van der Waals surface area (Å²) in [7, 11) is -1.80. The number of aromatic nitrogens is 3. The van der Waals surface area contributed by atoms with Crippen molar-refractivity contribution in [3.8, 4) is 0 Å². The Morgan fingerprint density at radius 3 is 2.78 bits per heavy atom. The lowest BCUT2D eigenvalue weighted by molar-refractivity contribution is 0.282. The Hall–Kier alpha value is -0.990. The molecule has 0 aromatic carbocycles. The lowest BCUT2D eigenvalue weighted by Gasteiger charge is -2.30. The summed E-state index contributed by atoms with van der Waals surface area (Å²) in [5, 5.41) is 6.29. The normalized spacial score (nSPS) is 18.3. The van der Waals surface area contributed by atoms with Crippen molar-refractivity contribution >= 4 is 10.2 Å². The van der Waals surface area contributed by atoms with Crippen LogP contribution in [-0.2, 0) is 16.8 Å². The average molecular weight is 273 g/mol. The summed E-state index contributed by atoms with van der Waals surface area (Å²) in [5.41, 5.74) is 0. The van der Waals surface area contributed by atoms with Gasteiger partial charge in [-0.1, -0.05) is 19.3 Å². The van der Waals surface area contributed by atoms with Crippen LogP contribution in [-0.4, -0.2) is 41.0 Å². The molecular formula is C10H19N5O2S. The van der Waals surface area contributed by atoms with E-state index in [1.165, 1.54) is 17.1 Å². The molecule has 1 fully saturated rings. The lowest BCUT2D eigenvalue weighted by Crippen LogP contribution is -2.44. The number of nitrogens with one attached hydrogen (secondary N) is 2. The van der Waals surface area contributed by atoms with Crippen LogP contribution in [0.2, 0.25) is 0 Å². The highest BCUT2D eigenvalue weighted by molar-refractivity contribution is 7.87. The van der Waals surface area contributed by atoms with Gasteiger partial charge in [0.25, 0.3) is 10.2 Å². The fourth-order valence-electron chi connectivity index (χ4n) is 2.22. The molecule has 2 rings (SSSR count). The van der Waals surface area contributed by atoms with Gasteiger partial charge in [0.05, 0.1) is 6.54 Å². The van der Waals surface area contributed by atoms with Crippen LogP contribution in [0.25, 0.3) is 0 Å². The minimum atomic E-state index is -3.44. The van der Waals surface area contributed by atoms with E-state index in [-0.39, 0.29) is 12.6 Å². The first kappa shape index (κ1) is 13.4. The first-order valence-electron chi connectivity index (χ1n) is 6.16. The second-order valence-electron chi connectivity index (χ2n) is 4.57. The molecular weight excluding hydrogens is 254 g/mol. The van der Waals surface area contributed by atoms with Crippen LogP contribution in [0.5, 0.6) is 0 Å². The molecule has 0 unspecified atom stereocenters. The number of hydrogen-bond donors (Lipinski definition) is 2. The Labute approximate surface area is 107 Å². The predicted molar refractivity (Wildman–Crippen MR) is 66.8 cm³/mol. The molecule has 102 valence electrons. The average Bonchev–Trinajstić information content (AvgIpc) is 2.90. The van der Waals surface area contributed by atoms with E-state index in [0.29, 0.717) is 5.82 Å². The third-order valence-electron chi connectivity index (χ3n) is 3.35. The van der Waals surface area contributed by atoms with Crippen molar-refractivity contribution in [3.05, 3.63) is 12.2 Å². The highest BCUT2D eigenvalue weighted by Gasteiger charge is 2.27. The molecule has 0 bridgehead atoms. The van der Waals surface area contributed by atoms with Crippen LogP contribution in [0, 0.1) is 0 Å². The van der Waals surface area contributed by atoms with Gasteiger partial charge in [0.1, 0.15) is 12.2 Å². The van der Waals surface area contributed by atoms with E-state index in [0.717, 1.165) is 25.7 Å². The van der Waals surface area contributed by atoms with Gasteiger partial charge in [0, 0.05) is 13.1 Å². The fourth-order valence-corrected chi connectivity index (χ4v) is 3.34. The maximum absolute atomic E-state index is 12.1. The molecule has 2 N–H and O–H groups in total. The van der Waals surface area contributed by atoms with E-state index in [9.17, 15) is 8.42 Å². The van der Waals surface area contributed by atoms with Crippen LogP contribution in [0.15, 0.2) is 6.33 Å². The fraction of sp³-hybridized carbons (Fsp3) is 0.800. The minimum Gasteiger partial charge on any atom is -0.262 e. The highest BCUT2D eigenvalue weighted by atomic mass is 32.2. The molecule has 0 radical (unpaired) electrons. The molecule has 7 nitrogen and oxygen atoms in total. The van der Waals surface area contributed by atoms with Gasteiger partial charge in [-0.3, -0.25) is 5.10 Å². The van der Waals surface area contributed by atoms with E-state index in [1.54, 1.807) is 7.05 Å². The standard InChI is InChI=1S/C10H19N5O2S/c1-15(9-5-3-2-4-6-9)18(16,17)13-7-10-11-8-12-14-10/h8-9,13H,2-7H2,1H3,(H,11,12,14). The molecule has 1 heterocycles. The maximum atomic E-state index is 12.1. The van der Waals surface area contributed by atoms with E-state index in [2.05, 4.69) is 19.9 Å². The number of H-pyrrole nitrogens is 1. The summed E-state index contributed by atoms with van der Waals surface area (Å²) in [5.74, 6) is 0.510. The smallest absolute Gasteiger partial charge is 0.262 e. The zero-order chi connectivity index (χ0) is 13.0. The Balaban J connectivity index is 1.92. The Kier molecular flexibility index (Phi) is 4.31. The van der Waals surface area contributed by atoms with E-state index >= 15 is 0 Å². The van der Waals surface area contributed by atoms with Crippen LogP contribution in [0.3, 0.4) is 0 Å². The zero-order valence-electron chi connectivity index (χ0n) is 10.5. The monoisotopic (exact) mass is 273 g/mol. The molecule has 18 heavy (non-hydrogen) atoms. The van der Waals surface area contributed by atoms with Gasteiger partial charge < -0.3 is 0 Å². The number of hydrogen-bond acceptors (Lipinski definition) is 4. The summed E-state index contributed by atoms with van der Waals surface area (Å²) in [6.45, 7) is 0.138. The van der Waals surface area contributed by atoms with Gasteiger partial charge in [0.15, 0.2) is 0 Å². The SMILES string of the molecule is CN(C1CCCCC1)S(=O)(=O)NCc1ncn[nH]1. The zero-order valence-corrected chi connectivity index (χ0v) is 11.3. The van der Waals surface area contributed by atoms with Crippen molar-refractivity contribution in [2.45, 2.75) is 44.7 Å². The largest absolute Gasteiger partial charge is 0.279 e. The summed E-state index contributed by atoms with van der Waals surface area (Å²) in [6.07, 6.45) is 6.66. The molecule has 0 amide bonds. The number of aromatic amines is 1. The maximum Gasteiger partial charge on any atom is 0.279 e. The van der Waals surface area contributed by atoms with Crippen molar-refractivity contribution in [1.82, 2.24) is 24.2 Å². The summed E-state index contributed by atoms with van der Waals surface area (Å²) >= 11 is 0. The molecule has 0 saturated heterocycles. The molecule has 1 aliphatic carbocycles. The van der Waals surface area contributed by atoms with Crippen molar-refractivity contribution in [2.75, 3.05) is 7.05 Å². The van der Waals surface area contributed by atoms with Gasteiger partial charge in [-0.15, -0.1) is 0 Å². The van der Waals surface area contributed by atoms with Crippen LogP contribution < -0.4 is 4.72 Å². The van der Waals surface area contributed by atoms with Crippen LogP contribution in [0.4, 0.5) is 0 Å². The van der Waals surface area contributed by atoms with Gasteiger partial charge in [-0.05, 0) is 12.8 Å². The summed E-state index contributed by atoms with van der Waals surface area (Å²) < 4.78 is 28.1. The van der Waals surface area contributed by atoms with Crippen molar-refractivity contribution in [3.63, 3.8) is 0 Å². The summed E-state index contributed by atoms with van der Waals surface area (Å²) in [4.78, 5) is 3.88. The quantitative estimate of drug-likeness (QED) is 0.812. The Morgan fingerprint density at radius 2 is 2.17 bits per heavy atom. The molecule has 0 aliphatic heterocycles. The number of nitrogens with zero attached hydrogens (tertiary/aromatic N) is 3. The molecule has 0 atom stereocenters. The molecule has 1 aromatic heterocycles.